The Kier molecular flexibility index (Phi) is 4.55. The number of aliphatic carboxylic acids is 1. The van der Waals surface area contributed by atoms with Gasteiger partial charge in [-0.25, -0.2) is 4.98 Å². The van der Waals surface area contributed by atoms with Gasteiger partial charge in [0.15, 0.2) is 11.2 Å². The number of aromatic nitrogens is 4. The van der Waals surface area contributed by atoms with Crippen molar-refractivity contribution in [3.8, 4) is 0 Å². The zero-order valence-electron chi connectivity index (χ0n) is 12.9. The summed E-state index contributed by atoms with van der Waals surface area (Å²) in [5.41, 5.74) is 1.55. The fraction of sp³-hybridized carbons (Fsp3) is 0.250. The summed E-state index contributed by atoms with van der Waals surface area (Å²) in [5, 5.41) is 11.5. The van der Waals surface area contributed by atoms with Gasteiger partial charge in [0.05, 0.1) is 6.33 Å². The van der Waals surface area contributed by atoms with E-state index in [9.17, 15) is 9.59 Å². The molecule has 0 aliphatic heterocycles. The van der Waals surface area contributed by atoms with Crippen molar-refractivity contribution in [2.75, 3.05) is 11.9 Å². The van der Waals surface area contributed by atoms with E-state index < -0.39 is 5.97 Å². The minimum Gasteiger partial charge on any atom is -0.481 e. The summed E-state index contributed by atoms with van der Waals surface area (Å²) >= 11 is 0. The molecule has 0 aliphatic carbocycles. The Morgan fingerprint density at radius 2 is 2.08 bits per heavy atom. The number of carbonyl (C=O) groups is 1. The van der Waals surface area contributed by atoms with E-state index in [1.807, 2.05) is 30.3 Å². The highest BCUT2D eigenvalue weighted by Gasteiger charge is 2.10. The molecule has 0 amide bonds. The average molecular weight is 327 g/mol. The van der Waals surface area contributed by atoms with Gasteiger partial charge in [0.1, 0.15) is 0 Å². The number of imidazole rings is 1. The molecule has 8 heteroatoms. The van der Waals surface area contributed by atoms with Crippen molar-refractivity contribution in [1.29, 1.82) is 0 Å². The van der Waals surface area contributed by atoms with Crippen LogP contribution in [-0.4, -0.2) is 37.1 Å². The zero-order valence-corrected chi connectivity index (χ0v) is 12.9. The lowest BCUT2D eigenvalue weighted by Gasteiger charge is -2.06. The van der Waals surface area contributed by atoms with E-state index in [1.54, 1.807) is 10.9 Å². The molecule has 3 N–H and O–H groups in total. The number of H-pyrrole nitrogens is 1. The predicted octanol–water partition coefficient (Wildman–Crippen LogP) is 1.44. The van der Waals surface area contributed by atoms with E-state index in [4.69, 9.17) is 5.11 Å². The molecule has 3 rings (SSSR count). The van der Waals surface area contributed by atoms with Crippen LogP contribution in [0.25, 0.3) is 11.2 Å². The van der Waals surface area contributed by atoms with Crippen LogP contribution in [0.3, 0.4) is 0 Å². The minimum absolute atomic E-state index is 0.0607. The van der Waals surface area contributed by atoms with E-state index in [-0.39, 0.29) is 12.0 Å². The van der Waals surface area contributed by atoms with Gasteiger partial charge in [-0.3, -0.25) is 14.6 Å². The van der Waals surface area contributed by atoms with Gasteiger partial charge in [-0.1, -0.05) is 30.3 Å². The number of aromatic amines is 1. The Morgan fingerprint density at radius 3 is 2.83 bits per heavy atom. The number of anilines is 1. The summed E-state index contributed by atoms with van der Waals surface area (Å²) in [4.78, 5) is 33.9. The third-order valence-corrected chi connectivity index (χ3v) is 3.54. The first kappa shape index (κ1) is 15.7. The summed E-state index contributed by atoms with van der Waals surface area (Å²) in [7, 11) is 0. The summed E-state index contributed by atoms with van der Waals surface area (Å²) in [5.74, 6) is -0.559. The number of hydrogen-bond acceptors (Lipinski definition) is 5. The fourth-order valence-electron chi connectivity index (χ4n) is 2.42. The van der Waals surface area contributed by atoms with Crippen molar-refractivity contribution in [2.45, 2.75) is 19.4 Å². The lowest BCUT2D eigenvalue weighted by atomic mass is 10.2. The Balaban J connectivity index is 1.78. The standard InChI is InChI=1S/C16H17N5O3/c22-12(23)7-4-8-17-16-19-14-13(15(24)20-16)21(10-18-14)9-11-5-2-1-3-6-11/h1-3,5-6,10H,4,7-9H2,(H,22,23)(H2,17,19,20,24). The molecule has 0 unspecified atom stereocenters. The number of carboxylic acid groups (broad SMARTS) is 1. The summed E-state index contributed by atoms with van der Waals surface area (Å²) in [6.07, 6.45) is 2.10. The van der Waals surface area contributed by atoms with E-state index in [1.165, 1.54) is 0 Å². The second-order valence-corrected chi connectivity index (χ2v) is 5.37. The highest BCUT2D eigenvalue weighted by molar-refractivity contribution is 5.71. The number of hydrogen-bond donors (Lipinski definition) is 3. The van der Waals surface area contributed by atoms with Gasteiger partial charge in [-0.05, 0) is 12.0 Å². The third-order valence-electron chi connectivity index (χ3n) is 3.54. The Morgan fingerprint density at radius 1 is 1.29 bits per heavy atom. The Bertz CT molecular complexity index is 901. The minimum atomic E-state index is -0.853. The van der Waals surface area contributed by atoms with Crippen molar-refractivity contribution < 1.29 is 9.90 Å². The molecule has 0 saturated carbocycles. The molecule has 0 radical (unpaired) electrons. The highest BCUT2D eigenvalue weighted by Crippen LogP contribution is 2.10. The highest BCUT2D eigenvalue weighted by atomic mass is 16.4. The topological polar surface area (TPSA) is 113 Å². The summed E-state index contributed by atoms with van der Waals surface area (Å²) in [6, 6.07) is 9.77. The molecule has 2 aromatic heterocycles. The van der Waals surface area contributed by atoms with Gasteiger partial charge >= 0.3 is 5.97 Å². The molecular formula is C16H17N5O3. The maximum Gasteiger partial charge on any atom is 0.303 e. The summed E-state index contributed by atoms with van der Waals surface area (Å²) in [6.45, 7) is 0.943. The molecule has 0 bridgehead atoms. The number of nitrogens with one attached hydrogen (secondary N) is 2. The number of fused-ring (bicyclic) bond motifs is 1. The van der Waals surface area contributed by atoms with Crippen LogP contribution in [0.2, 0.25) is 0 Å². The van der Waals surface area contributed by atoms with E-state index in [0.29, 0.717) is 36.6 Å². The third kappa shape index (κ3) is 3.60. The molecule has 3 aromatic rings. The quantitative estimate of drug-likeness (QED) is 0.566. The largest absolute Gasteiger partial charge is 0.481 e. The maximum absolute atomic E-state index is 12.3. The lowest BCUT2D eigenvalue weighted by molar-refractivity contribution is -0.137. The normalized spacial score (nSPS) is 10.8. The molecule has 0 spiro atoms. The van der Waals surface area contributed by atoms with Gasteiger partial charge < -0.3 is 15.0 Å². The second-order valence-electron chi connectivity index (χ2n) is 5.37. The number of carboxylic acids is 1. The van der Waals surface area contributed by atoms with Crippen LogP contribution in [0.15, 0.2) is 41.5 Å². The van der Waals surface area contributed by atoms with Gasteiger partial charge in [-0.15, -0.1) is 0 Å². The maximum atomic E-state index is 12.3. The molecular weight excluding hydrogens is 310 g/mol. The molecule has 24 heavy (non-hydrogen) atoms. The first-order valence-electron chi connectivity index (χ1n) is 7.58. The van der Waals surface area contributed by atoms with Gasteiger partial charge in [0, 0.05) is 19.5 Å². The van der Waals surface area contributed by atoms with Gasteiger partial charge in [0.25, 0.3) is 5.56 Å². The smallest absolute Gasteiger partial charge is 0.303 e. The second kappa shape index (κ2) is 6.95. The van der Waals surface area contributed by atoms with E-state index in [2.05, 4.69) is 20.3 Å². The molecule has 0 saturated heterocycles. The first-order valence-corrected chi connectivity index (χ1v) is 7.58. The van der Waals surface area contributed by atoms with Crippen LogP contribution in [0, 0.1) is 0 Å². The van der Waals surface area contributed by atoms with Crippen LogP contribution >= 0.6 is 0 Å². The van der Waals surface area contributed by atoms with Gasteiger partial charge in [-0.2, -0.15) is 4.98 Å². The first-order chi connectivity index (χ1) is 11.6. The monoisotopic (exact) mass is 327 g/mol. The molecule has 8 nitrogen and oxygen atoms in total. The number of nitrogens with zero attached hydrogens (tertiary/aromatic N) is 3. The molecule has 0 atom stereocenters. The van der Waals surface area contributed by atoms with Crippen molar-refractivity contribution in [3.63, 3.8) is 0 Å². The van der Waals surface area contributed by atoms with E-state index >= 15 is 0 Å². The SMILES string of the molecule is O=C(O)CCCNc1nc2ncn(Cc3ccccc3)c2c(=O)[nH]1. The van der Waals surface area contributed by atoms with E-state index in [0.717, 1.165) is 5.56 Å². The van der Waals surface area contributed by atoms with Crippen molar-refractivity contribution in [2.24, 2.45) is 0 Å². The Labute approximate surface area is 137 Å². The molecule has 124 valence electrons. The average Bonchev–Trinajstić information content (AvgIpc) is 2.96. The molecule has 0 fully saturated rings. The van der Waals surface area contributed by atoms with Crippen LogP contribution in [-0.2, 0) is 11.3 Å². The predicted molar refractivity (Wildman–Crippen MR) is 89.1 cm³/mol. The lowest BCUT2D eigenvalue weighted by Crippen LogP contribution is -2.16. The van der Waals surface area contributed by atoms with Crippen LogP contribution in [0.1, 0.15) is 18.4 Å². The van der Waals surface area contributed by atoms with Crippen LogP contribution in [0.5, 0.6) is 0 Å². The summed E-state index contributed by atoms with van der Waals surface area (Å²) < 4.78 is 1.75. The molecule has 1 aromatic carbocycles. The number of benzene rings is 1. The van der Waals surface area contributed by atoms with Crippen LogP contribution < -0.4 is 10.9 Å². The number of rotatable bonds is 7. The van der Waals surface area contributed by atoms with Crippen LogP contribution in [0.4, 0.5) is 5.95 Å². The van der Waals surface area contributed by atoms with Gasteiger partial charge in [0.2, 0.25) is 5.95 Å². The zero-order chi connectivity index (χ0) is 16.9. The molecule has 2 heterocycles. The fourth-order valence-corrected chi connectivity index (χ4v) is 2.42. The van der Waals surface area contributed by atoms with Crippen molar-refractivity contribution in [1.82, 2.24) is 19.5 Å². The Hall–Kier alpha value is -3.16. The molecule has 0 aliphatic rings. The van der Waals surface area contributed by atoms with Crippen molar-refractivity contribution >= 4 is 23.1 Å². The van der Waals surface area contributed by atoms with Crippen molar-refractivity contribution in [3.05, 3.63) is 52.6 Å².